The van der Waals surface area contributed by atoms with Gasteiger partial charge in [0, 0.05) is 40.5 Å². The molecule has 1 aliphatic rings. The molecule has 4 nitrogen and oxygen atoms in total. The summed E-state index contributed by atoms with van der Waals surface area (Å²) in [6, 6.07) is 10.2. The average Bonchev–Trinajstić information content (AvgIpc) is 2.88. The Kier molecular flexibility index (Phi) is 3.86. The zero-order chi connectivity index (χ0) is 16.5. The molecule has 0 saturated carbocycles. The third-order valence-electron chi connectivity index (χ3n) is 4.23. The van der Waals surface area contributed by atoms with Crippen molar-refractivity contribution in [1.82, 2.24) is 9.97 Å². The quantitative estimate of drug-likeness (QED) is 0.752. The fourth-order valence-corrected chi connectivity index (χ4v) is 3.95. The van der Waals surface area contributed by atoms with Crippen LogP contribution in [0.4, 0.5) is 5.69 Å². The summed E-state index contributed by atoms with van der Waals surface area (Å²) in [4.78, 5) is 21.8. The van der Waals surface area contributed by atoms with Crippen LogP contribution in [0.25, 0.3) is 21.8 Å². The molecule has 0 unspecified atom stereocenters. The first kappa shape index (κ1) is 15.0. The van der Waals surface area contributed by atoms with Crippen LogP contribution in [0.3, 0.4) is 0 Å². The molecule has 5 heteroatoms. The second kappa shape index (κ2) is 6.17. The monoisotopic (exact) mass is 335 g/mol. The maximum Gasteiger partial charge on any atom is 0.224 e. The van der Waals surface area contributed by atoms with Crippen molar-refractivity contribution in [1.29, 1.82) is 0 Å². The molecule has 1 amide bonds. The van der Waals surface area contributed by atoms with Crippen molar-refractivity contribution >= 4 is 22.9 Å². The van der Waals surface area contributed by atoms with Gasteiger partial charge in [-0.25, -0.2) is 4.98 Å². The number of carbonyl (C=O) groups is 1. The van der Waals surface area contributed by atoms with Gasteiger partial charge in [-0.05, 0) is 49.6 Å². The maximum absolute atomic E-state index is 11.7. The second-order valence-corrected chi connectivity index (χ2v) is 7.14. The molecule has 3 heterocycles. The number of aromatic nitrogens is 2. The van der Waals surface area contributed by atoms with E-state index in [2.05, 4.69) is 23.3 Å². The fourth-order valence-electron chi connectivity index (χ4n) is 3.00. The number of pyridine rings is 1. The normalized spacial score (nSPS) is 14.0. The van der Waals surface area contributed by atoms with Crippen LogP contribution in [0.2, 0.25) is 0 Å². The fraction of sp³-hybridized carbons (Fsp3) is 0.211. The van der Waals surface area contributed by atoms with Crippen molar-refractivity contribution in [3.05, 3.63) is 53.2 Å². The van der Waals surface area contributed by atoms with Gasteiger partial charge in [-0.3, -0.25) is 9.78 Å². The summed E-state index contributed by atoms with van der Waals surface area (Å²) < 4.78 is 0. The SMILES string of the molecule is Cc1sc(-c2ccncc2)nc1-c1ccc2c(c1)CCCC(=O)N2. The lowest BCUT2D eigenvalue weighted by Gasteiger charge is -2.08. The Morgan fingerprint density at radius 3 is 2.75 bits per heavy atom. The molecule has 1 N–H and O–H groups in total. The zero-order valence-corrected chi connectivity index (χ0v) is 14.2. The van der Waals surface area contributed by atoms with E-state index in [4.69, 9.17) is 4.98 Å². The van der Waals surface area contributed by atoms with E-state index in [-0.39, 0.29) is 5.91 Å². The van der Waals surface area contributed by atoms with E-state index in [9.17, 15) is 4.79 Å². The third kappa shape index (κ3) is 2.83. The first-order valence-electron chi connectivity index (χ1n) is 8.02. The van der Waals surface area contributed by atoms with E-state index < -0.39 is 0 Å². The van der Waals surface area contributed by atoms with Crippen molar-refractivity contribution in [3.8, 4) is 21.8 Å². The van der Waals surface area contributed by atoms with E-state index in [1.165, 1.54) is 10.4 Å². The van der Waals surface area contributed by atoms with Gasteiger partial charge < -0.3 is 5.32 Å². The Morgan fingerprint density at radius 2 is 1.92 bits per heavy atom. The minimum absolute atomic E-state index is 0.103. The summed E-state index contributed by atoms with van der Waals surface area (Å²) in [7, 11) is 0. The number of nitrogens with zero attached hydrogens (tertiary/aromatic N) is 2. The van der Waals surface area contributed by atoms with Gasteiger partial charge in [0.05, 0.1) is 5.69 Å². The first-order chi connectivity index (χ1) is 11.7. The Balaban J connectivity index is 1.73. The van der Waals surface area contributed by atoms with E-state index in [0.29, 0.717) is 6.42 Å². The summed E-state index contributed by atoms with van der Waals surface area (Å²) in [5, 5.41) is 3.99. The molecule has 2 aromatic heterocycles. The van der Waals surface area contributed by atoms with Crippen LogP contribution in [0.15, 0.2) is 42.7 Å². The molecule has 120 valence electrons. The number of aryl methyl sites for hydroxylation is 2. The molecule has 1 aliphatic heterocycles. The van der Waals surface area contributed by atoms with Crippen LogP contribution in [0.5, 0.6) is 0 Å². The number of amides is 1. The molecule has 0 radical (unpaired) electrons. The van der Waals surface area contributed by atoms with Gasteiger partial charge in [0.1, 0.15) is 5.01 Å². The van der Waals surface area contributed by atoms with Crippen LogP contribution < -0.4 is 5.32 Å². The molecule has 1 aromatic carbocycles. The minimum Gasteiger partial charge on any atom is -0.326 e. The average molecular weight is 335 g/mol. The number of hydrogen-bond donors (Lipinski definition) is 1. The largest absolute Gasteiger partial charge is 0.326 e. The summed E-state index contributed by atoms with van der Waals surface area (Å²) in [6.45, 7) is 2.10. The van der Waals surface area contributed by atoms with E-state index in [1.807, 2.05) is 24.3 Å². The number of carbonyl (C=O) groups excluding carboxylic acids is 1. The van der Waals surface area contributed by atoms with Crippen molar-refractivity contribution in [2.45, 2.75) is 26.2 Å². The van der Waals surface area contributed by atoms with Crippen LogP contribution >= 0.6 is 11.3 Å². The van der Waals surface area contributed by atoms with Gasteiger partial charge in [0.25, 0.3) is 0 Å². The Hall–Kier alpha value is -2.53. The lowest BCUT2D eigenvalue weighted by Crippen LogP contribution is -2.09. The number of hydrogen-bond acceptors (Lipinski definition) is 4. The van der Waals surface area contributed by atoms with Crippen molar-refractivity contribution in [2.75, 3.05) is 5.32 Å². The molecular weight excluding hydrogens is 318 g/mol. The minimum atomic E-state index is 0.103. The Morgan fingerprint density at radius 1 is 1.08 bits per heavy atom. The van der Waals surface area contributed by atoms with Crippen LogP contribution in [0, 0.1) is 6.92 Å². The van der Waals surface area contributed by atoms with Gasteiger partial charge in [-0.1, -0.05) is 6.07 Å². The molecule has 24 heavy (non-hydrogen) atoms. The second-order valence-electron chi connectivity index (χ2n) is 5.93. The smallest absolute Gasteiger partial charge is 0.224 e. The van der Waals surface area contributed by atoms with Gasteiger partial charge in [0.2, 0.25) is 5.91 Å². The predicted molar refractivity (Wildman–Crippen MR) is 97.1 cm³/mol. The predicted octanol–water partition coefficient (Wildman–Crippen LogP) is 4.46. The summed E-state index contributed by atoms with van der Waals surface area (Å²) in [5.41, 5.74) is 5.34. The highest BCUT2D eigenvalue weighted by Gasteiger charge is 2.16. The molecule has 0 spiro atoms. The van der Waals surface area contributed by atoms with Crippen LogP contribution in [-0.4, -0.2) is 15.9 Å². The van der Waals surface area contributed by atoms with Crippen LogP contribution in [0.1, 0.15) is 23.3 Å². The van der Waals surface area contributed by atoms with E-state index in [1.54, 1.807) is 23.7 Å². The maximum atomic E-state index is 11.7. The molecule has 4 rings (SSSR count). The summed E-state index contributed by atoms with van der Waals surface area (Å²) in [5.74, 6) is 0.103. The lowest BCUT2D eigenvalue weighted by atomic mass is 10.0. The van der Waals surface area contributed by atoms with Crippen LogP contribution in [-0.2, 0) is 11.2 Å². The zero-order valence-electron chi connectivity index (χ0n) is 13.4. The molecular formula is C19H17N3OS. The van der Waals surface area contributed by atoms with E-state index in [0.717, 1.165) is 40.4 Å². The van der Waals surface area contributed by atoms with Crippen molar-refractivity contribution in [2.24, 2.45) is 0 Å². The highest BCUT2D eigenvalue weighted by atomic mass is 32.1. The van der Waals surface area contributed by atoms with Gasteiger partial charge >= 0.3 is 0 Å². The number of anilines is 1. The molecule has 3 aromatic rings. The summed E-state index contributed by atoms with van der Waals surface area (Å²) >= 11 is 1.70. The number of benzene rings is 1. The Labute approximate surface area is 144 Å². The van der Waals surface area contributed by atoms with Gasteiger partial charge in [0.15, 0.2) is 0 Å². The van der Waals surface area contributed by atoms with Gasteiger partial charge in [-0.15, -0.1) is 11.3 Å². The molecule has 0 atom stereocenters. The first-order valence-corrected chi connectivity index (χ1v) is 8.83. The number of fused-ring (bicyclic) bond motifs is 1. The molecule has 0 fully saturated rings. The standard InChI is InChI=1S/C19H17N3OS/c1-12-18(22-19(24-12)13-7-9-20-10-8-13)15-5-6-16-14(11-15)3-2-4-17(23)21-16/h5-11H,2-4H2,1H3,(H,21,23). The Bertz CT molecular complexity index is 902. The van der Waals surface area contributed by atoms with Crippen molar-refractivity contribution in [3.63, 3.8) is 0 Å². The number of thiazole rings is 1. The van der Waals surface area contributed by atoms with Gasteiger partial charge in [-0.2, -0.15) is 0 Å². The van der Waals surface area contributed by atoms with E-state index >= 15 is 0 Å². The van der Waals surface area contributed by atoms with Crippen molar-refractivity contribution < 1.29 is 4.79 Å². The molecule has 0 aliphatic carbocycles. The highest BCUT2D eigenvalue weighted by Crippen LogP contribution is 2.35. The molecule has 0 bridgehead atoms. The number of rotatable bonds is 2. The topological polar surface area (TPSA) is 54.9 Å². The number of nitrogens with one attached hydrogen (secondary N) is 1. The molecule has 0 saturated heterocycles. The summed E-state index contributed by atoms with van der Waals surface area (Å²) in [6.07, 6.45) is 5.97. The highest BCUT2D eigenvalue weighted by molar-refractivity contribution is 7.15. The lowest BCUT2D eigenvalue weighted by molar-refractivity contribution is -0.116. The third-order valence-corrected chi connectivity index (χ3v) is 5.25.